The van der Waals surface area contributed by atoms with Gasteiger partial charge in [-0.25, -0.2) is 4.79 Å². The van der Waals surface area contributed by atoms with Crippen molar-refractivity contribution in [1.29, 1.82) is 0 Å². The van der Waals surface area contributed by atoms with Gasteiger partial charge in [0.15, 0.2) is 0 Å². The first-order valence-corrected chi connectivity index (χ1v) is 10.6. The summed E-state index contributed by atoms with van der Waals surface area (Å²) in [5.41, 5.74) is -0.435. The minimum absolute atomic E-state index is 0.200. The van der Waals surface area contributed by atoms with Crippen LogP contribution >= 0.6 is 0 Å². The molecule has 0 radical (unpaired) electrons. The Hall–Kier alpha value is -0.770. The molecule has 0 bridgehead atoms. The smallest absolute Gasteiger partial charge is 0.407 e. The summed E-state index contributed by atoms with van der Waals surface area (Å²) in [6.45, 7) is 8.06. The zero-order chi connectivity index (χ0) is 18.3. The van der Waals surface area contributed by atoms with E-state index >= 15 is 0 Å². The first-order valence-electron chi connectivity index (χ1n) is 10.6. The van der Waals surface area contributed by atoms with Crippen LogP contribution in [-0.2, 0) is 4.74 Å². The zero-order valence-electron chi connectivity index (χ0n) is 16.9. The molecule has 25 heavy (non-hydrogen) atoms. The van der Waals surface area contributed by atoms with E-state index in [2.05, 4.69) is 17.6 Å². The Labute approximate surface area is 154 Å². The van der Waals surface area contributed by atoms with E-state index < -0.39 is 5.60 Å². The molecule has 4 nitrogen and oxygen atoms in total. The SMILES string of the molecule is CCCC1CCC(NC2CCCCCC2NC(=O)OC(C)(C)C)CC1. The van der Waals surface area contributed by atoms with Gasteiger partial charge in [-0.3, -0.25) is 0 Å². The number of hydrogen-bond donors (Lipinski definition) is 2. The van der Waals surface area contributed by atoms with Crippen LogP contribution in [0.25, 0.3) is 0 Å². The summed E-state index contributed by atoms with van der Waals surface area (Å²) in [5, 5.41) is 7.07. The van der Waals surface area contributed by atoms with E-state index in [0.717, 1.165) is 18.8 Å². The van der Waals surface area contributed by atoms with Gasteiger partial charge in [-0.15, -0.1) is 0 Å². The molecule has 146 valence electrons. The molecule has 2 fully saturated rings. The Bertz CT molecular complexity index is 397. The van der Waals surface area contributed by atoms with Crippen LogP contribution in [0.15, 0.2) is 0 Å². The molecule has 2 aliphatic carbocycles. The first kappa shape index (κ1) is 20.5. The van der Waals surface area contributed by atoms with E-state index in [1.54, 1.807) is 0 Å². The molecule has 2 aliphatic rings. The second-order valence-corrected chi connectivity index (χ2v) is 9.17. The van der Waals surface area contributed by atoms with Gasteiger partial charge in [-0.1, -0.05) is 39.0 Å². The van der Waals surface area contributed by atoms with E-state index in [4.69, 9.17) is 4.74 Å². The molecule has 0 aromatic carbocycles. The van der Waals surface area contributed by atoms with Gasteiger partial charge in [0.1, 0.15) is 5.60 Å². The average Bonchev–Trinajstić information content (AvgIpc) is 2.73. The number of carbonyl (C=O) groups is 1. The van der Waals surface area contributed by atoms with Crippen molar-refractivity contribution in [3.05, 3.63) is 0 Å². The fourth-order valence-electron chi connectivity index (χ4n) is 4.47. The number of nitrogens with one attached hydrogen (secondary N) is 2. The van der Waals surface area contributed by atoms with E-state index in [9.17, 15) is 4.79 Å². The predicted molar refractivity (Wildman–Crippen MR) is 104 cm³/mol. The van der Waals surface area contributed by atoms with Crippen molar-refractivity contribution in [2.75, 3.05) is 0 Å². The minimum Gasteiger partial charge on any atom is -0.444 e. The molecule has 2 rings (SSSR count). The van der Waals surface area contributed by atoms with Crippen molar-refractivity contribution in [2.24, 2.45) is 5.92 Å². The van der Waals surface area contributed by atoms with Crippen molar-refractivity contribution < 1.29 is 9.53 Å². The predicted octanol–water partition coefficient (Wildman–Crippen LogP) is 5.16. The van der Waals surface area contributed by atoms with Gasteiger partial charge >= 0.3 is 6.09 Å². The lowest BCUT2D eigenvalue weighted by Gasteiger charge is -2.35. The Morgan fingerprint density at radius 1 is 0.960 bits per heavy atom. The highest BCUT2D eigenvalue weighted by atomic mass is 16.6. The van der Waals surface area contributed by atoms with Gasteiger partial charge in [0.25, 0.3) is 0 Å². The topological polar surface area (TPSA) is 50.4 Å². The maximum Gasteiger partial charge on any atom is 0.407 e. The normalized spacial score (nSPS) is 31.2. The number of carbonyl (C=O) groups excluding carboxylic acids is 1. The maximum atomic E-state index is 12.2. The highest BCUT2D eigenvalue weighted by molar-refractivity contribution is 5.68. The summed E-state index contributed by atoms with van der Waals surface area (Å²) in [5.74, 6) is 0.938. The van der Waals surface area contributed by atoms with E-state index in [-0.39, 0.29) is 12.1 Å². The first-order chi connectivity index (χ1) is 11.9. The van der Waals surface area contributed by atoms with Gasteiger partial charge in [-0.2, -0.15) is 0 Å². The highest BCUT2D eigenvalue weighted by Gasteiger charge is 2.30. The van der Waals surface area contributed by atoms with Crippen LogP contribution in [0.3, 0.4) is 0 Å². The van der Waals surface area contributed by atoms with Crippen LogP contribution in [-0.4, -0.2) is 29.8 Å². The minimum atomic E-state index is -0.435. The summed E-state index contributed by atoms with van der Waals surface area (Å²) in [6.07, 6.45) is 13.7. The average molecular weight is 353 g/mol. The quantitative estimate of drug-likeness (QED) is 0.672. The summed E-state index contributed by atoms with van der Waals surface area (Å²) in [4.78, 5) is 12.2. The molecule has 0 heterocycles. The summed E-state index contributed by atoms with van der Waals surface area (Å²) >= 11 is 0. The third-order valence-corrected chi connectivity index (χ3v) is 5.71. The van der Waals surface area contributed by atoms with Crippen molar-refractivity contribution in [1.82, 2.24) is 10.6 Å². The Balaban J connectivity index is 1.86. The molecule has 0 spiro atoms. The van der Waals surface area contributed by atoms with E-state index in [1.165, 1.54) is 57.8 Å². The second kappa shape index (κ2) is 9.80. The van der Waals surface area contributed by atoms with Crippen molar-refractivity contribution in [2.45, 2.75) is 122 Å². The fourth-order valence-corrected chi connectivity index (χ4v) is 4.47. The maximum absolute atomic E-state index is 12.2. The Morgan fingerprint density at radius 3 is 2.20 bits per heavy atom. The monoisotopic (exact) mass is 352 g/mol. The summed E-state index contributed by atoms with van der Waals surface area (Å²) < 4.78 is 5.48. The van der Waals surface area contributed by atoms with Crippen LogP contribution in [0.5, 0.6) is 0 Å². The van der Waals surface area contributed by atoms with E-state index in [1.807, 2.05) is 20.8 Å². The lowest BCUT2D eigenvalue weighted by atomic mass is 9.83. The molecular formula is C21H40N2O2. The second-order valence-electron chi connectivity index (χ2n) is 9.17. The van der Waals surface area contributed by atoms with Crippen molar-refractivity contribution in [3.8, 4) is 0 Å². The van der Waals surface area contributed by atoms with Gasteiger partial charge < -0.3 is 15.4 Å². The molecule has 2 atom stereocenters. The van der Waals surface area contributed by atoms with Crippen LogP contribution < -0.4 is 10.6 Å². The standard InChI is InChI=1S/C21H40N2O2/c1-5-9-16-12-14-17(15-13-16)22-18-10-7-6-8-11-19(18)23-20(24)25-21(2,3)4/h16-19,22H,5-15H2,1-4H3,(H,23,24). The number of alkyl carbamates (subject to hydrolysis) is 1. The number of hydrogen-bond acceptors (Lipinski definition) is 3. The third kappa shape index (κ3) is 7.55. The Morgan fingerprint density at radius 2 is 1.60 bits per heavy atom. The lowest BCUT2D eigenvalue weighted by molar-refractivity contribution is 0.0486. The fraction of sp³-hybridized carbons (Fsp3) is 0.952. The van der Waals surface area contributed by atoms with Crippen LogP contribution in [0.2, 0.25) is 0 Å². The number of rotatable bonds is 5. The van der Waals surface area contributed by atoms with Crippen LogP contribution in [0.1, 0.15) is 98.3 Å². The van der Waals surface area contributed by atoms with Crippen molar-refractivity contribution >= 4 is 6.09 Å². The number of ether oxygens (including phenoxy) is 1. The molecule has 0 saturated heterocycles. The lowest BCUT2D eigenvalue weighted by Crippen LogP contribution is -2.53. The molecule has 0 aromatic rings. The Kier molecular flexibility index (Phi) is 8.05. The van der Waals surface area contributed by atoms with Crippen LogP contribution in [0, 0.1) is 5.92 Å². The third-order valence-electron chi connectivity index (χ3n) is 5.71. The van der Waals surface area contributed by atoms with Crippen LogP contribution in [0.4, 0.5) is 4.79 Å². The molecule has 1 amide bonds. The molecule has 0 aliphatic heterocycles. The highest BCUT2D eigenvalue weighted by Crippen LogP contribution is 2.29. The molecule has 4 heteroatoms. The largest absolute Gasteiger partial charge is 0.444 e. The molecular weight excluding hydrogens is 312 g/mol. The molecule has 0 aromatic heterocycles. The summed E-state index contributed by atoms with van der Waals surface area (Å²) in [6, 6.07) is 1.22. The molecule has 2 N–H and O–H groups in total. The molecule has 2 saturated carbocycles. The number of amides is 1. The van der Waals surface area contributed by atoms with Gasteiger partial charge in [0.05, 0.1) is 0 Å². The summed E-state index contributed by atoms with van der Waals surface area (Å²) in [7, 11) is 0. The van der Waals surface area contributed by atoms with Gasteiger partial charge in [0, 0.05) is 18.1 Å². The van der Waals surface area contributed by atoms with Gasteiger partial charge in [-0.05, 0) is 65.2 Å². The van der Waals surface area contributed by atoms with Crippen molar-refractivity contribution in [3.63, 3.8) is 0 Å². The molecule has 2 unspecified atom stereocenters. The van der Waals surface area contributed by atoms with E-state index in [0.29, 0.717) is 12.1 Å². The van der Waals surface area contributed by atoms with Gasteiger partial charge in [0.2, 0.25) is 0 Å². The zero-order valence-corrected chi connectivity index (χ0v) is 16.9.